The van der Waals surface area contributed by atoms with Gasteiger partial charge in [-0.25, -0.2) is 28.8 Å². The molecule has 0 saturated heterocycles. The van der Waals surface area contributed by atoms with E-state index >= 15 is 0 Å². The Balaban J connectivity index is 0.909. The van der Waals surface area contributed by atoms with Gasteiger partial charge in [0, 0.05) is 34.3 Å². The third kappa shape index (κ3) is 23.8. The minimum absolute atomic E-state index is 0.00944. The lowest BCUT2D eigenvalue weighted by atomic mass is 9.69. The number of esters is 4. The first-order valence-electron chi connectivity index (χ1n) is 31.8. The van der Waals surface area contributed by atoms with Crippen molar-refractivity contribution in [1.29, 1.82) is 0 Å². The molecule has 0 aromatic heterocycles. The van der Waals surface area contributed by atoms with Crippen LogP contribution in [-0.4, -0.2) is 122 Å². The summed E-state index contributed by atoms with van der Waals surface area (Å²) in [6.45, 7) is 24.7. The van der Waals surface area contributed by atoms with Crippen LogP contribution in [0.1, 0.15) is 204 Å². The van der Waals surface area contributed by atoms with Gasteiger partial charge < -0.3 is 59.2 Å². The summed E-state index contributed by atoms with van der Waals surface area (Å²) in [5.41, 5.74) is -0.356. The number of carbonyl (C=O) groups excluding carboxylic acids is 8. The summed E-state index contributed by atoms with van der Waals surface area (Å²) >= 11 is 0. The second-order valence-electron chi connectivity index (χ2n) is 26.4. The van der Waals surface area contributed by atoms with E-state index in [1.165, 1.54) is 0 Å². The van der Waals surface area contributed by atoms with Crippen molar-refractivity contribution in [2.45, 2.75) is 252 Å². The molecule has 4 fully saturated rings. The number of rotatable bonds is 27. The Labute approximate surface area is 505 Å². The second-order valence-corrected chi connectivity index (χ2v) is 26.4. The van der Waals surface area contributed by atoms with Crippen LogP contribution in [0.2, 0.25) is 0 Å². The quantitative estimate of drug-likeness (QED) is 0.0258. The highest BCUT2D eigenvalue weighted by molar-refractivity contribution is 5.87. The molecule has 4 saturated carbocycles. The van der Waals surface area contributed by atoms with E-state index in [9.17, 15) is 38.4 Å². The maximum absolute atomic E-state index is 13.4. The SMILES string of the molecule is C=C(C)C(=O)OCC(C)OC(=O)NC1CCC(CC2CCC(C(C)(C)NC(=O)OC(C)COC(=O)C3CC=CCC3C(=O)OCC(C)OC(=O)NC3CCC(CC4CCC(C(C)(CC)NC(=O)OC(C)COC(=O)C(=C)C)CC4)CC3)CC2)CC1. The molecule has 7 unspecified atom stereocenters. The first-order valence-corrected chi connectivity index (χ1v) is 31.8. The van der Waals surface area contributed by atoms with Crippen LogP contribution >= 0.6 is 0 Å². The van der Waals surface area contributed by atoms with E-state index in [0.29, 0.717) is 35.2 Å². The summed E-state index contributed by atoms with van der Waals surface area (Å²) in [4.78, 5) is 102. The molecule has 0 bridgehead atoms. The van der Waals surface area contributed by atoms with E-state index in [1.54, 1.807) is 41.5 Å². The molecule has 0 aromatic rings. The number of carbonyl (C=O) groups is 8. The maximum atomic E-state index is 13.4. The number of hydrogen-bond acceptors (Lipinski definition) is 16. The van der Waals surface area contributed by atoms with E-state index in [1.807, 2.05) is 26.0 Å². The van der Waals surface area contributed by atoms with Gasteiger partial charge in [-0.05, 0) is 207 Å². The highest BCUT2D eigenvalue weighted by Gasteiger charge is 2.41. The average molecular weight is 1200 g/mol. The van der Waals surface area contributed by atoms with Crippen LogP contribution in [-0.2, 0) is 57.1 Å². The van der Waals surface area contributed by atoms with E-state index in [4.69, 9.17) is 37.9 Å². The molecule has 0 radical (unpaired) electrons. The van der Waals surface area contributed by atoms with Gasteiger partial charge in [-0.2, -0.15) is 0 Å². The summed E-state index contributed by atoms with van der Waals surface area (Å²) in [5.74, 6) is -0.798. The molecule has 0 aliphatic heterocycles. The van der Waals surface area contributed by atoms with Crippen LogP contribution in [0.15, 0.2) is 36.5 Å². The van der Waals surface area contributed by atoms with Crippen molar-refractivity contribution in [3.8, 4) is 0 Å². The third-order valence-corrected chi connectivity index (χ3v) is 18.6. The Morgan fingerprint density at radius 1 is 0.459 bits per heavy atom. The molecule has 7 atom stereocenters. The van der Waals surface area contributed by atoms with Crippen LogP contribution in [0.3, 0.4) is 0 Å². The van der Waals surface area contributed by atoms with Crippen LogP contribution in [0, 0.1) is 47.3 Å². The monoisotopic (exact) mass is 1200 g/mol. The summed E-state index contributed by atoms with van der Waals surface area (Å²) in [6.07, 6.45) is 18.4. The number of nitrogens with one attached hydrogen (secondary N) is 4. The van der Waals surface area contributed by atoms with E-state index in [2.05, 4.69) is 48.3 Å². The normalized spacial score (nSPS) is 27.2. The molecule has 20 heteroatoms. The van der Waals surface area contributed by atoms with Gasteiger partial charge in [-0.15, -0.1) is 0 Å². The van der Waals surface area contributed by atoms with Crippen molar-refractivity contribution in [3.05, 3.63) is 36.5 Å². The Bertz CT molecular complexity index is 2270. The fourth-order valence-electron chi connectivity index (χ4n) is 13.2. The molecule has 0 heterocycles. The van der Waals surface area contributed by atoms with Crippen molar-refractivity contribution in [2.75, 3.05) is 26.4 Å². The molecule has 5 aliphatic carbocycles. The predicted molar refractivity (Wildman–Crippen MR) is 320 cm³/mol. The number of amides is 4. The lowest BCUT2D eigenvalue weighted by Gasteiger charge is -2.42. The largest absolute Gasteiger partial charge is 0.462 e. The molecule has 4 amide bonds. The summed E-state index contributed by atoms with van der Waals surface area (Å²) in [7, 11) is 0. The molecule has 4 N–H and O–H groups in total. The van der Waals surface area contributed by atoms with E-state index < -0.39 is 95.6 Å². The Hall–Kier alpha value is -5.82. The second kappa shape index (κ2) is 33.9. The zero-order valence-electron chi connectivity index (χ0n) is 52.9. The van der Waals surface area contributed by atoms with Gasteiger partial charge in [0.15, 0.2) is 0 Å². The van der Waals surface area contributed by atoms with Crippen LogP contribution < -0.4 is 21.3 Å². The molecule has 0 spiro atoms. The van der Waals surface area contributed by atoms with Gasteiger partial charge >= 0.3 is 48.3 Å². The highest BCUT2D eigenvalue weighted by Crippen LogP contribution is 2.43. The van der Waals surface area contributed by atoms with E-state index in [0.717, 1.165) is 122 Å². The lowest BCUT2D eigenvalue weighted by molar-refractivity contribution is -0.163. The molecule has 20 nitrogen and oxygen atoms in total. The molecule has 85 heavy (non-hydrogen) atoms. The minimum Gasteiger partial charge on any atom is -0.462 e. The number of allylic oxidation sites excluding steroid dienone is 2. The van der Waals surface area contributed by atoms with Crippen molar-refractivity contribution in [3.63, 3.8) is 0 Å². The summed E-state index contributed by atoms with van der Waals surface area (Å²) in [5, 5.41) is 12.2. The Morgan fingerprint density at radius 2 is 0.776 bits per heavy atom. The average Bonchev–Trinajstić information content (AvgIpc) is 3.62. The fourth-order valence-corrected chi connectivity index (χ4v) is 13.2. The van der Waals surface area contributed by atoms with Crippen molar-refractivity contribution in [1.82, 2.24) is 21.3 Å². The third-order valence-electron chi connectivity index (χ3n) is 18.6. The molecule has 5 rings (SSSR count). The predicted octanol–water partition coefficient (Wildman–Crippen LogP) is 11.8. The van der Waals surface area contributed by atoms with Gasteiger partial charge in [0.2, 0.25) is 0 Å². The summed E-state index contributed by atoms with van der Waals surface area (Å²) < 4.78 is 43.6. The molecular weight excluding hydrogens is 1090 g/mol. The minimum atomic E-state index is -0.788. The standard InChI is InChI=1S/C65H104N4O16/c1-13-65(12,69-63(77)85-44(8)37-79-57(71)41(4)5)51-28-20-47(21-29-51)35-49-24-32-53(33-25-49)67-61(75)83-43(7)38-80-58(72)54-16-14-15-17-55(54)59(73)81-39-45(9)84-62(76)68-64(10,11)50-26-18-46(19-27-50)34-48-22-30-52(31-23-48)66-60(74)82-42(6)36-78-56(70)40(2)3/h14-15,42-55H,2,4,13,16-39H2,1,3,5-12H3,(H,66,74)(H,67,75)(H,68,76)(H,69,77). The van der Waals surface area contributed by atoms with Crippen LogP contribution in [0.4, 0.5) is 19.2 Å². The number of hydrogen-bond donors (Lipinski definition) is 4. The van der Waals surface area contributed by atoms with Crippen molar-refractivity contribution < 1.29 is 76.3 Å². The number of alkyl carbamates (subject to hydrolysis) is 4. The zero-order chi connectivity index (χ0) is 62.4. The van der Waals surface area contributed by atoms with Crippen LogP contribution in [0.5, 0.6) is 0 Å². The molecule has 0 aromatic carbocycles. The van der Waals surface area contributed by atoms with Gasteiger partial charge in [-0.3, -0.25) is 9.59 Å². The smallest absolute Gasteiger partial charge is 0.407 e. The van der Waals surface area contributed by atoms with Crippen LogP contribution in [0.25, 0.3) is 0 Å². The lowest BCUT2D eigenvalue weighted by Crippen LogP contribution is -2.52. The molecular formula is C65H104N4O16. The van der Waals surface area contributed by atoms with Gasteiger partial charge in [0.25, 0.3) is 0 Å². The van der Waals surface area contributed by atoms with Crippen molar-refractivity contribution in [2.24, 2.45) is 47.3 Å². The number of ether oxygens (including phenoxy) is 8. The highest BCUT2D eigenvalue weighted by atomic mass is 16.6. The van der Waals surface area contributed by atoms with Gasteiger partial charge in [-0.1, -0.05) is 57.9 Å². The van der Waals surface area contributed by atoms with Gasteiger partial charge in [0.05, 0.1) is 11.8 Å². The molecule has 480 valence electrons. The first-order chi connectivity index (χ1) is 40.2. The van der Waals surface area contributed by atoms with Gasteiger partial charge in [0.1, 0.15) is 50.8 Å². The zero-order valence-corrected chi connectivity index (χ0v) is 52.9. The van der Waals surface area contributed by atoms with E-state index in [-0.39, 0.29) is 62.8 Å². The molecule has 5 aliphatic rings. The maximum Gasteiger partial charge on any atom is 0.407 e. The topological polar surface area (TPSA) is 259 Å². The summed E-state index contributed by atoms with van der Waals surface area (Å²) in [6, 6.07) is 0.0437. The van der Waals surface area contributed by atoms with Crippen molar-refractivity contribution >= 4 is 48.3 Å². The first kappa shape index (κ1) is 69.9. The Kier molecular flexibility index (Phi) is 27.9. The Morgan fingerprint density at radius 3 is 1.13 bits per heavy atom. The fraction of sp³-hybridized carbons (Fsp3) is 0.785.